The van der Waals surface area contributed by atoms with Crippen molar-refractivity contribution in [2.45, 2.75) is 134 Å². The molecule has 6 nitrogen and oxygen atoms in total. The highest BCUT2D eigenvalue weighted by Crippen LogP contribution is 2.30. The lowest BCUT2D eigenvalue weighted by molar-refractivity contribution is -0.661. The first kappa shape index (κ1) is 72.5. The zero-order valence-electron chi connectivity index (χ0n) is 64.7. The van der Waals surface area contributed by atoms with Crippen molar-refractivity contribution < 1.29 is 30.1 Å². The monoisotopic (exact) mass is 1300 g/mol. The minimum atomic E-state index is -1.30. The average molecular weight is 1300 g/mol. The SMILES string of the molecule is CC(C)c1ccc(-c2ccccc2)[n+](C)c1.CCc1cc[n+](C)c(-c2ccccc2C)c1.CCc1ccc[n+](C)c1-c1ccccc1C.Cc1ccccc1-c1c(C(C)C)ccc[n+]1C.Cc1ccccc1-c1cc(C(C)C)cc[n+]1C.[2H]C([2H])(C)c1ccc(-c2ccccc2C)[n+](C)c1. The second-order valence-electron chi connectivity index (χ2n) is 26.6. The van der Waals surface area contributed by atoms with E-state index in [2.05, 4.69) is 373 Å². The molecule has 0 amide bonds. The van der Waals surface area contributed by atoms with E-state index in [1.165, 1.54) is 117 Å². The van der Waals surface area contributed by atoms with Gasteiger partial charge in [0.25, 0.3) is 0 Å². The minimum absolute atomic E-state index is 0.539. The Labute approximate surface area is 593 Å². The molecular formula is C92H112N6+6. The van der Waals surface area contributed by atoms with E-state index in [0.29, 0.717) is 23.3 Å². The molecule has 0 aliphatic rings. The highest BCUT2D eigenvalue weighted by Gasteiger charge is 2.21. The first-order valence-corrected chi connectivity index (χ1v) is 35.0. The lowest BCUT2D eigenvalue weighted by atomic mass is 9.94. The molecule has 0 spiro atoms. The van der Waals surface area contributed by atoms with Crippen molar-refractivity contribution in [1.82, 2.24) is 0 Å². The smallest absolute Gasteiger partial charge is 0.201 e. The van der Waals surface area contributed by atoms with Gasteiger partial charge in [0.05, 0.1) is 0 Å². The van der Waals surface area contributed by atoms with Crippen LogP contribution in [0.4, 0.5) is 0 Å². The van der Waals surface area contributed by atoms with Gasteiger partial charge in [-0.05, 0) is 177 Å². The van der Waals surface area contributed by atoms with Crippen molar-refractivity contribution in [3.05, 3.63) is 323 Å². The summed E-state index contributed by atoms with van der Waals surface area (Å²) >= 11 is 0. The molecule has 6 heteroatoms. The number of pyridine rings is 6. The lowest BCUT2D eigenvalue weighted by Crippen LogP contribution is -2.32. The summed E-state index contributed by atoms with van der Waals surface area (Å²) in [4.78, 5) is 0. The summed E-state index contributed by atoms with van der Waals surface area (Å²) in [5, 5.41) is 0. The van der Waals surface area contributed by atoms with E-state index in [1.54, 1.807) is 6.92 Å². The largest absolute Gasteiger partial charge is 0.215 e. The number of aromatic nitrogens is 6. The van der Waals surface area contributed by atoms with Crippen LogP contribution in [0, 0.1) is 34.6 Å². The third kappa shape index (κ3) is 20.4. The molecule has 0 aliphatic heterocycles. The van der Waals surface area contributed by atoms with Crippen LogP contribution in [0.25, 0.3) is 67.5 Å². The van der Waals surface area contributed by atoms with Crippen LogP contribution in [-0.2, 0) is 61.5 Å². The van der Waals surface area contributed by atoms with Crippen molar-refractivity contribution in [2.24, 2.45) is 42.3 Å². The number of benzene rings is 6. The quantitative estimate of drug-likeness (QED) is 0.109. The Balaban J connectivity index is 0.000000169. The van der Waals surface area contributed by atoms with E-state index in [4.69, 9.17) is 2.74 Å². The van der Waals surface area contributed by atoms with Crippen LogP contribution in [0.2, 0.25) is 0 Å². The van der Waals surface area contributed by atoms with Gasteiger partial charge >= 0.3 is 0 Å². The van der Waals surface area contributed by atoms with Crippen molar-refractivity contribution in [1.29, 1.82) is 0 Å². The number of rotatable bonds is 12. The molecule has 0 fully saturated rings. The minimum Gasteiger partial charge on any atom is -0.201 e. The fourth-order valence-electron chi connectivity index (χ4n) is 12.2. The molecule has 98 heavy (non-hydrogen) atoms. The predicted molar refractivity (Wildman–Crippen MR) is 412 cm³/mol. The molecule has 504 valence electrons. The van der Waals surface area contributed by atoms with Crippen LogP contribution in [-0.4, -0.2) is 0 Å². The Hall–Kier alpha value is -9.78. The van der Waals surface area contributed by atoms with Gasteiger partial charge in [-0.15, -0.1) is 0 Å². The third-order valence-corrected chi connectivity index (χ3v) is 18.3. The number of nitrogens with zero attached hydrogens (tertiary/aromatic N) is 6. The van der Waals surface area contributed by atoms with Gasteiger partial charge in [0.1, 0.15) is 42.3 Å². The summed E-state index contributed by atoms with van der Waals surface area (Å²) in [6, 6.07) is 78.8. The molecule has 0 radical (unpaired) electrons. The topological polar surface area (TPSA) is 23.3 Å². The molecule has 0 aliphatic carbocycles. The molecule has 0 saturated carbocycles. The Bertz CT molecular complexity index is 4620. The van der Waals surface area contributed by atoms with E-state index in [0.717, 1.165) is 18.5 Å². The molecule has 12 aromatic rings. The summed E-state index contributed by atoms with van der Waals surface area (Å²) in [5.74, 6) is 1.69. The fourth-order valence-corrected chi connectivity index (χ4v) is 12.2. The molecule has 0 N–H and O–H groups in total. The van der Waals surface area contributed by atoms with E-state index < -0.39 is 6.37 Å². The van der Waals surface area contributed by atoms with Gasteiger partial charge in [-0.2, -0.15) is 0 Å². The lowest BCUT2D eigenvalue weighted by Gasteiger charge is -2.11. The molecule has 6 aromatic carbocycles. The zero-order chi connectivity index (χ0) is 72.8. The van der Waals surface area contributed by atoms with Gasteiger partial charge in [0.15, 0.2) is 37.2 Å². The first-order chi connectivity index (χ1) is 47.7. The van der Waals surface area contributed by atoms with Gasteiger partial charge in [-0.1, -0.05) is 172 Å². The van der Waals surface area contributed by atoms with Gasteiger partial charge in [-0.25, -0.2) is 27.4 Å². The van der Waals surface area contributed by atoms with E-state index in [-0.39, 0.29) is 0 Å². The van der Waals surface area contributed by atoms with E-state index >= 15 is 0 Å². The summed E-state index contributed by atoms with van der Waals surface area (Å²) in [6.45, 7) is 30.1. The Morgan fingerprint density at radius 2 is 0.735 bits per heavy atom. The maximum absolute atomic E-state index is 7.74. The maximum Gasteiger partial charge on any atom is 0.215 e. The number of hydrogen-bond acceptors (Lipinski definition) is 0. The second-order valence-corrected chi connectivity index (χ2v) is 26.6. The maximum atomic E-state index is 7.74. The fraction of sp³-hybridized carbons (Fsp3) is 0.283. The van der Waals surface area contributed by atoms with Crippen molar-refractivity contribution in [2.75, 3.05) is 0 Å². The molecule has 0 unspecified atom stereocenters. The van der Waals surface area contributed by atoms with E-state index in [9.17, 15) is 0 Å². The summed E-state index contributed by atoms with van der Waals surface area (Å²) < 4.78 is 28.5. The van der Waals surface area contributed by atoms with Crippen LogP contribution in [0.3, 0.4) is 0 Å². The third-order valence-electron chi connectivity index (χ3n) is 18.3. The Morgan fingerprint density at radius 1 is 0.306 bits per heavy atom. The van der Waals surface area contributed by atoms with Crippen LogP contribution in [0.5, 0.6) is 0 Å². The predicted octanol–water partition coefficient (Wildman–Crippen LogP) is 19.7. The summed E-state index contributed by atoms with van der Waals surface area (Å²) in [5.41, 5.74) is 29.5. The van der Waals surface area contributed by atoms with Crippen LogP contribution < -0.4 is 27.4 Å². The van der Waals surface area contributed by atoms with Crippen LogP contribution in [0.1, 0.15) is 144 Å². The van der Waals surface area contributed by atoms with Crippen molar-refractivity contribution in [3.8, 4) is 67.5 Å². The Morgan fingerprint density at radius 3 is 1.19 bits per heavy atom. The molecule has 0 bridgehead atoms. The van der Waals surface area contributed by atoms with Crippen molar-refractivity contribution in [3.63, 3.8) is 0 Å². The second kappa shape index (κ2) is 37.1. The highest BCUT2D eigenvalue weighted by molar-refractivity contribution is 5.67. The van der Waals surface area contributed by atoms with Crippen molar-refractivity contribution >= 4 is 0 Å². The van der Waals surface area contributed by atoms with Gasteiger partial charge in [0, 0.05) is 107 Å². The molecule has 0 atom stereocenters. The van der Waals surface area contributed by atoms with Gasteiger partial charge < -0.3 is 0 Å². The molecule has 0 saturated heterocycles. The summed E-state index contributed by atoms with van der Waals surface area (Å²) in [6.07, 6.45) is 13.4. The van der Waals surface area contributed by atoms with Gasteiger partial charge in [0.2, 0.25) is 34.2 Å². The average Bonchev–Trinajstić information content (AvgIpc) is 0.822. The Kier molecular flexibility index (Phi) is 27.4. The zero-order valence-corrected chi connectivity index (χ0v) is 62.7. The molecule has 12 rings (SSSR count). The highest BCUT2D eigenvalue weighted by atomic mass is 14.9. The molecular weight excluding hydrogens is 1190 g/mol. The number of hydrogen-bond donors (Lipinski definition) is 0. The van der Waals surface area contributed by atoms with Gasteiger partial charge in [-0.3, -0.25) is 0 Å². The van der Waals surface area contributed by atoms with E-state index in [1.807, 2.05) is 48.1 Å². The number of aryl methyl sites for hydroxylation is 14. The van der Waals surface area contributed by atoms with Crippen LogP contribution >= 0.6 is 0 Å². The molecule has 6 aromatic heterocycles. The summed E-state index contributed by atoms with van der Waals surface area (Å²) in [7, 11) is 12.5. The van der Waals surface area contributed by atoms with Crippen LogP contribution in [0.15, 0.2) is 262 Å². The standard InChI is InChI=1S/2C16H20N.4C15H18N/c1-12(2)14-10-7-11-17(4)16(14)15-9-6-5-8-13(15)3;1-12(2)14-9-10-17(4)16(11-14)15-8-6-5-7-13(15)3;1-12(2)14-9-10-15(16(3)11-14)13-7-5-4-6-8-13;1-4-13-9-7-11-16(3)15(13)14-10-6-5-8-12(14)2;1-4-13-9-10-16(3)15(11-13)14-8-6-5-7-12(14)2;1-4-13-9-10-15(16(3)11-13)14-8-6-5-7-12(14)2/h2*5-12H,1-4H3;4-12H,1-3H3;3*5-11H,4H2,1-3H3/q6*+1/i;;;;;4D2. The first-order valence-electron chi connectivity index (χ1n) is 36.0. The molecule has 6 heterocycles. The normalized spacial score (nSPS) is 11.1.